The van der Waals surface area contributed by atoms with Gasteiger partial charge in [0.25, 0.3) is 0 Å². The molecule has 6 heteroatoms. The summed E-state index contributed by atoms with van der Waals surface area (Å²) in [5.74, 6) is 0.588. The number of carbonyl (C=O) groups is 3. The van der Waals surface area contributed by atoms with Crippen LogP contribution in [0.2, 0.25) is 0 Å². The van der Waals surface area contributed by atoms with Gasteiger partial charge in [-0.2, -0.15) is 0 Å². The van der Waals surface area contributed by atoms with E-state index in [1.165, 1.54) is 19.3 Å². The Labute approximate surface area is 146 Å². The molecule has 0 saturated heterocycles. The molecule has 1 fully saturated rings. The summed E-state index contributed by atoms with van der Waals surface area (Å²) in [4.78, 5) is 31.5. The van der Waals surface area contributed by atoms with Gasteiger partial charge in [0, 0.05) is 25.9 Å². The van der Waals surface area contributed by atoms with Gasteiger partial charge in [0.2, 0.25) is 18.2 Å². The number of unbranched alkanes of at least 4 members (excludes halogenated alkanes) is 3. The number of amides is 3. The van der Waals surface area contributed by atoms with Crippen molar-refractivity contribution in [1.82, 2.24) is 4.90 Å². The molecule has 0 aliphatic heterocycles. The number of allylic oxidation sites excluding steroid dienone is 2. The van der Waals surface area contributed by atoms with E-state index in [0.717, 1.165) is 12.8 Å². The molecule has 0 radical (unpaired) electrons. The fourth-order valence-corrected chi connectivity index (χ4v) is 1.90. The van der Waals surface area contributed by atoms with E-state index in [0.29, 0.717) is 12.0 Å². The Bertz CT molecular complexity index is 395. The molecule has 2 atom stereocenters. The minimum Gasteiger partial charge on any atom is -0.372 e. The smallest absolute Gasteiger partial charge is 0.221 e. The van der Waals surface area contributed by atoms with E-state index < -0.39 is 0 Å². The number of nitrogens with zero attached hydrogens (tertiary/aromatic N) is 1. The summed E-state index contributed by atoms with van der Waals surface area (Å²) in [5, 5.41) is 0. The van der Waals surface area contributed by atoms with Crippen molar-refractivity contribution in [1.29, 1.82) is 0 Å². The van der Waals surface area contributed by atoms with Crippen molar-refractivity contribution >= 4 is 18.2 Å². The zero-order valence-electron chi connectivity index (χ0n) is 15.8. The minimum atomic E-state index is -0.136. The van der Waals surface area contributed by atoms with Gasteiger partial charge < -0.3 is 16.4 Å². The molecule has 0 spiro atoms. The predicted molar refractivity (Wildman–Crippen MR) is 97.9 cm³/mol. The van der Waals surface area contributed by atoms with Crippen molar-refractivity contribution in [2.75, 3.05) is 7.05 Å². The normalized spacial score (nSPS) is 18.1. The molecule has 0 aromatic heterocycles. The third-order valence-electron chi connectivity index (χ3n) is 3.83. The molecule has 6 nitrogen and oxygen atoms in total. The zero-order valence-corrected chi connectivity index (χ0v) is 15.8. The van der Waals surface area contributed by atoms with E-state index >= 15 is 0 Å². The Kier molecular flexibility index (Phi) is 15.0. The van der Waals surface area contributed by atoms with Crippen LogP contribution in [0.5, 0.6) is 0 Å². The Morgan fingerprint density at radius 2 is 1.83 bits per heavy atom. The summed E-state index contributed by atoms with van der Waals surface area (Å²) in [6, 6.07) is 0.326. The predicted octanol–water partition coefficient (Wildman–Crippen LogP) is 2.22. The molecule has 3 amide bonds. The second kappa shape index (κ2) is 14.7. The van der Waals surface area contributed by atoms with Crippen molar-refractivity contribution in [3.05, 3.63) is 12.2 Å². The average Bonchev–Trinajstić information content (AvgIpc) is 3.27. The highest BCUT2D eigenvalue weighted by molar-refractivity contribution is 5.80. The van der Waals surface area contributed by atoms with Gasteiger partial charge in [-0.1, -0.05) is 31.9 Å². The molecule has 4 N–H and O–H groups in total. The van der Waals surface area contributed by atoms with Crippen LogP contribution in [0.3, 0.4) is 0 Å². The number of rotatable bonds is 7. The Morgan fingerprint density at radius 3 is 2.12 bits per heavy atom. The lowest BCUT2D eigenvalue weighted by molar-refractivity contribution is -0.129. The lowest BCUT2D eigenvalue weighted by atomic mass is 10.2. The molecule has 0 bridgehead atoms. The molecule has 0 aromatic rings. The summed E-state index contributed by atoms with van der Waals surface area (Å²) in [6.45, 7) is 7.75. The van der Waals surface area contributed by atoms with Crippen LogP contribution in [0.4, 0.5) is 0 Å². The minimum absolute atomic E-state index is 0.125. The van der Waals surface area contributed by atoms with E-state index in [1.807, 2.05) is 13.8 Å². The highest BCUT2D eigenvalue weighted by Crippen LogP contribution is 2.39. The van der Waals surface area contributed by atoms with Crippen molar-refractivity contribution < 1.29 is 14.4 Å². The van der Waals surface area contributed by atoms with Gasteiger partial charge in [-0.05, 0) is 39.0 Å². The van der Waals surface area contributed by atoms with Crippen molar-refractivity contribution in [2.45, 2.75) is 65.8 Å². The summed E-state index contributed by atoms with van der Waals surface area (Å²) in [7, 11) is 1.80. The fraction of sp³-hybridized carbons (Fsp3) is 0.722. The Hall–Kier alpha value is -1.85. The Balaban J connectivity index is 0. The largest absolute Gasteiger partial charge is 0.372 e. The number of primary amides is 2. The lowest BCUT2D eigenvalue weighted by Gasteiger charge is -2.18. The third-order valence-corrected chi connectivity index (χ3v) is 3.83. The van der Waals surface area contributed by atoms with Crippen molar-refractivity contribution in [2.24, 2.45) is 23.3 Å². The van der Waals surface area contributed by atoms with Gasteiger partial charge in [-0.3, -0.25) is 14.4 Å². The lowest BCUT2D eigenvalue weighted by Crippen LogP contribution is -2.30. The van der Waals surface area contributed by atoms with Crippen LogP contribution in [0, 0.1) is 11.8 Å². The molecule has 0 aromatic carbocycles. The molecule has 24 heavy (non-hydrogen) atoms. The SMILES string of the molecule is CC(=O)N(C)C(C)C.CCCCC/C=C\C1CC1C(N)=O.NC=O. The van der Waals surface area contributed by atoms with Crippen LogP contribution in [-0.2, 0) is 14.4 Å². The first kappa shape index (κ1) is 24.4. The molecule has 2 unspecified atom stereocenters. The maximum Gasteiger partial charge on any atom is 0.221 e. The van der Waals surface area contributed by atoms with E-state index in [-0.39, 0.29) is 24.1 Å². The van der Waals surface area contributed by atoms with Gasteiger partial charge in [0.05, 0.1) is 0 Å². The van der Waals surface area contributed by atoms with Crippen LogP contribution in [0.1, 0.15) is 59.8 Å². The summed E-state index contributed by atoms with van der Waals surface area (Å²) in [5.41, 5.74) is 9.33. The second-order valence-corrected chi connectivity index (χ2v) is 6.19. The maximum atomic E-state index is 10.7. The number of nitrogens with two attached hydrogens (primary N) is 2. The van der Waals surface area contributed by atoms with Crippen molar-refractivity contribution in [3.63, 3.8) is 0 Å². The standard InChI is InChI=1S/C11H19NO.C6H13NO.CH3NO/c1-2-3-4-5-6-7-9-8-10(9)11(12)13;1-5(2)7(4)6(3)8;2-1-3/h6-7,9-10H,2-5,8H2,1H3,(H2,12,13);5H,1-4H3;1H,(H2,2,3)/b7-6-;;. The average molecular weight is 341 g/mol. The molecule has 1 rings (SSSR count). The summed E-state index contributed by atoms with van der Waals surface area (Å²) in [6.07, 6.45) is 10.6. The third kappa shape index (κ3) is 13.8. The molecule has 0 heterocycles. The van der Waals surface area contributed by atoms with Gasteiger partial charge in [0.1, 0.15) is 0 Å². The molecule has 140 valence electrons. The maximum absolute atomic E-state index is 10.7. The number of carbonyl (C=O) groups excluding carboxylic acids is 3. The number of hydrogen-bond acceptors (Lipinski definition) is 3. The quantitative estimate of drug-likeness (QED) is 0.421. The summed E-state index contributed by atoms with van der Waals surface area (Å²) < 4.78 is 0. The molecule has 1 saturated carbocycles. The van der Waals surface area contributed by atoms with Crippen LogP contribution in [0.15, 0.2) is 12.2 Å². The van der Waals surface area contributed by atoms with Crippen molar-refractivity contribution in [3.8, 4) is 0 Å². The number of hydrogen-bond donors (Lipinski definition) is 2. The van der Waals surface area contributed by atoms with Crippen LogP contribution in [0.25, 0.3) is 0 Å². The van der Waals surface area contributed by atoms with Crippen LogP contribution >= 0.6 is 0 Å². The molecule has 1 aliphatic carbocycles. The molecule has 1 aliphatic rings. The highest BCUT2D eigenvalue weighted by atomic mass is 16.2. The topological polar surface area (TPSA) is 106 Å². The van der Waals surface area contributed by atoms with E-state index in [1.54, 1.807) is 18.9 Å². The summed E-state index contributed by atoms with van der Waals surface area (Å²) >= 11 is 0. The second-order valence-electron chi connectivity index (χ2n) is 6.19. The van der Waals surface area contributed by atoms with Crippen LogP contribution in [-0.4, -0.2) is 36.2 Å². The molecular formula is C18H35N3O3. The van der Waals surface area contributed by atoms with E-state index in [9.17, 15) is 9.59 Å². The van der Waals surface area contributed by atoms with E-state index in [4.69, 9.17) is 10.5 Å². The zero-order chi connectivity index (χ0) is 19.1. The van der Waals surface area contributed by atoms with E-state index in [2.05, 4.69) is 24.8 Å². The van der Waals surface area contributed by atoms with Gasteiger partial charge in [-0.25, -0.2) is 0 Å². The Morgan fingerprint density at radius 1 is 1.29 bits per heavy atom. The highest BCUT2D eigenvalue weighted by Gasteiger charge is 2.39. The molecular weight excluding hydrogens is 306 g/mol. The monoisotopic (exact) mass is 341 g/mol. The first-order chi connectivity index (χ1) is 11.2. The van der Waals surface area contributed by atoms with Crippen LogP contribution < -0.4 is 11.5 Å². The van der Waals surface area contributed by atoms with Gasteiger partial charge in [-0.15, -0.1) is 0 Å². The fourth-order valence-electron chi connectivity index (χ4n) is 1.90. The van der Waals surface area contributed by atoms with Gasteiger partial charge >= 0.3 is 0 Å². The first-order valence-electron chi connectivity index (χ1n) is 8.57. The van der Waals surface area contributed by atoms with Gasteiger partial charge in [0.15, 0.2) is 0 Å². The first-order valence-corrected chi connectivity index (χ1v) is 8.57.